The SMILES string of the molecule is O=CCCCC(=O)Nc1ccccc1SSc1ccccc1NC(=O)CCCC=O. The second-order valence-corrected chi connectivity index (χ2v) is 8.59. The molecule has 30 heavy (non-hydrogen) atoms. The van der Waals surface area contributed by atoms with Gasteiger partial charge in [0.05, 0.1) is 11.4 Å². The molecule has 2 aromatic carbocycles. The van der Waals surface area contributed by atoms with Gasteiger partial charge in [0.25, 0.3) is 0 Å². The molecule has 2 amide bonds. The van der Waals surface area contributed by atoms with E-state index in [4.69, 9.17) is 0 Å². The molecular formula is C22H24N2O4S2. The highest BCUT2D eigenvalue weighted by atomic mass is 33.1. The summed E-state index contributed by atoms with van der Waals surface area (Å²) in [6.45, 7) is 0. The van der Waals surface area contributed by atoms with E-state index in [-0.39, 0.29) is 11.8 Å². The molecule has 158 valence electrons. The van der Waals surface area contributed by atoms with E-state index in [1.807, 2.05) is 48.5 Å². The van der Waals surface area contributed by atoms with Crippen molar-refractivity contribution in [1.82, 2.24) is 0 Å². The first-order valence-corrected chi connectivity index (χ1v) is 11.8. The quantitative estimate of drug-likeness (QED) is 0.254. The number of aldehydes is 2. The molecule has 0 unspecified atom stereocenters. The highest BCUT2D eigenvalue weighted by molar-refractivity contribution is 8.76. The fourth-order valence-electron chi connectivity index (χ4n) is 2.49. The van der Waals surface area contributed by atoms with Crippen LogP contribution < -0.4 is 10.6 Å². The predicted molar refractivity (Wildman–Crippen MR) is 122 cm³/mol. The Labute approximate surface area is 184 Å². The second kappa shape index (κ2) is 13.6. The lowest BCUT2D eigenvalue weighted by molar-refractivity contribution is -0.117. The van der Waals surface area contributed by atoms with Crippen LogP contribution in [0.25, 0.3) is 0 Å². The third-order valence-electron chi connectivity index (χ3n) is 4.00. The molecule has 0 atom stereocenters. The van der Waals surface area contributed by atoms with Gasteiger partial charge in [-0.25, -0.2) is 0 Å². The van der Waals surface area contributed by atoms with Crippen molar-refractivity contribution >= 4 is 57.3 Å². The normalized spacial score (nSPS) is 10.3. The van der Waals surface area contributed by atoms with Crippen LogP contribution in [0.15, 0.2) is 58.3 Å². The van der Waals surface area contributed by atoms with Crippen molar-refractivity contribution in [2.24, 2.45) is 0 Å². The van der Waals surface area contributed by atoms with E-state index in [1.165, 1.54) is 21.6 Å². The number of para-hydroxylation sites is 2. The molecule has 2 aromatic rings. The number of rotatable bonds is 13. The fourth-order valence-corrected chi connectivity index (χ4v) is 4.77. The first kappa shape index (κ1) is 23.7. The standard InChI is InChI=1S/C22H24N2O4S2/c25-15-7-5-13-21(27)23-17-9-1-3-11-19(17)29-30-20-12-4-2-10-18(20)24-22(28)14-6-8-16-26/h1-4,9-12,15-16H,5-8,13-14H2,(H,23,27)(H,24,28). The molecule has 0 heterocycles. The zero-order chi connectivity index (χ0) is 21.6. The van der Waals surface area contributed by atoms with Crippen LogP contribution in [0, 0.1) is 0 Å². The van der Waals surface area contributed by atoms with E-state index in [2.05, 4.69) is 10.6 Å². The molecule has 0 saturated heterocycles. The lowest BCUT2D eigenvalue weighted by Crippen LogP contribution is -2.12. The van der Waals surface area contributed by atoms with E-state index < -0.39 is 0 Å². The average molecular weight is 445 g/mol. The lowest BCUT2D eigenvalue weighted by Gasteiger charge is -2.12. The van der Waals surface area contributed by atoms with Crippen LogP contribution in [-0.2, 0) is 19.2 Å². The van der Waals surface area contributed by atoms with Gasteiger partial charge in [0.15, 0.2) is 0 Å². The van der Waals surface area contributed by atoms with Crippen LogP contribution in [0.5, 0.6) is 0 Å². The maximum Gasteiger partial charge on any atom is 0.224 e. The zero-order valence-corrected chi connectivity index (χ0v) is 18.1. The molecule has 2 N–H and O–H groups in total. The molecule has 0 aliphatic carbocycles. The molecular weight excluding hydrogens is 420 g/mol. The molecule has 8 heteroatoms. The van der Waals surface area contributed by atoms with Gasteiger partial charge in [0.1, 0.15) is 12.6 Å². The Morgan fingerprint density at radius 2 is 1.10 bits per heavy atom. The van der Waals surface area contributed by atoms with Gasteiger partial charge in [-0.15, -0.1) is 0 Å². The first-order valence-electron chi connectivity index (χ1n) is 9.63. The Morgan fingerprint density at radius 3 is 1.50 bits per heavy atom. The Balaban J connectivity index is 1.99. The first-order chi connectivity index (χ1) is 14.6. The molecule has 0 bridgehead atoms. The van der Waals surface area contributed by atoms with E-state index in [9.17, 15) is 19.2 Å². The number of nitrogens with one attached hydrogen (secondary N) is 2. The van der Waals surface area contributed by atoms with Gasteiger partial charge in [0, 0.05) is 35.5 Å². The van der Waals surface area contributed by atoms with E-state index in [0.29, 0.717) is 49.9 Å². The smallest absolute Gasteiger partial charge is 0.224 e. The minimum atomic E-state index is -0.127. The van der Waals surface area contributed by atoms with E-state index >= 15 is 0 Å². The Hall–Kier alpha value is -2.58. The van der Waals surface area contributed by atoms with Gasteiger partial charge in [-0.2, -0.15) is 0 Å². The number of anilines is 2. The summed E-state index contributed by atoms with van der Waals surface area (Å²) in [4.78, 5) is 46.7. The number of benzene rings is 2. The van der Waals surface area contributed by atoms with Crippen molar-refractivity contribution in [2.75, 3.05) is 10.6 Å². The summed E-state index contributed by atoms with van der Waals surface area (Å²) in [5, 5.41) is 5.79. The molecule has 6 nitrogen and oxygen atoms in total. The average Bonchev–Trinajstić information content (AvgIpc) is 2.74. The van der Waals surface area contributed by atoms with Gasteiger partial charge in [0.2, 0.25) is 11.8 Å². The second-order valence-electron chi connectivity index (χ2n) is 6.37. The van der Waals surface area contributed by atoms with Crippen molar-refractivity contribution in [3.8, 4) is 0 Å². The number of hydrogen-bond donors (Lipinski definition) is 2. The number of carbonyl (C=O) groups excluding carboxylic acids is 4. The highest BCUT2D eigenvalue weighted by Gasteiger charge is 2.11. The van der Waals surface area contributed by atoms with Gasteiger partial charge >= 0.3 is 0 Å². The van der Waals surface area contributed by atoms with Crippen molar-refractivity contribution in [1.29, 1.82) is 0 Å². The monoisotopic (exact) mass is 444 g/mol. The maximum absolute atomic E-state index is 12.1. The number of amides is 2. The third kappa shape index (κ3) is 8.42. The summed E-state index contributed by atoms with van der Waals surface area (Å²) in [5.74, 6) is -0.254. The maximum atomic E-state index is 12.1. The van der Waals surface area contributed by atoms with Crippen molar-refractivity contribution < 1.29 is 19.2 Å². The number of unbranched alkanes of at least 4 members (excludes halogenated alkanes) is 2. The van der Waals surface area contributed by atoms with Crippen molar-refractivity contribution in [3.63, 3.8) is 0 Å². The molecule has 0 fully saturated rings. The van der Waals surface area contributed by atoms with Gasteiger partial charge in [-0.05, 0) is 37.1 Å². The highest BCUT2D eigenvalue weighted by Crippen LogP contribution is 2.43. The van der Waals surface area contributed by atoms with E-state index in [1.54, 1.807) is 0 Å². The summed E-state index contributed by atoms with van der Waals surface area (Å²) in [7, 11) is 2.96. The summed E-state index contributed by atoms with van der Waals surface area (Å²) >= 11 is 0. The van der Waals surface area contributed by atoms with Crippen LogP contribution in [0.3, 0.4) is 0 Å². The Bertz CT molecular complexity index is 802. The topological polar surface area (TPSA) is 92.3 Å². The molecule has 0 aliphatic heterocycles. The van der Waals surface area contributed by atoms with Crippen LogP contribution in [0.4, 0.5) is 11.4 Å². The summed E-state index contributed by atoms with van der Waals surface area (Å²) in [5.41, 5.74) is 1.42. The summed E-state index contributed by atoms with van der Waals surface area (Å²) < 4.78 is 0. The molecule has 0 spiro atoms. The minimum Gasteiger partial charge on any atom is -0.325 e. The summed E-state index contributed by atoms with van der Waals surface area (Å²) in [6, 6.07) is 15.0. The zero-order valence-electron chi connectivity index (χ0n) is 16.5. The van der Waals surface area contributed by atoms with Gasteiger partial charge < -0.3 is 20.2 Å². The largest absolute Gasteiger partial charge is 0.325 e. The Morgan fingerprint density at radius 1 is 0.700 bits per heavy atom. The van der Waals surface area contributed by atoms with Gasteiger partial charge in [-0.3, -0.25) is 9.59 Å². The molecule has 0 aromatic heterocycles. The van der Waals surface area contributed by atoms with E-state index in [0.717, 1.165) is 22.4 Å². The van der Waals surface area contributed by atoms with Crippen LogP contribution in [0.1, 0.15) is 38.5 Å². The molecule has 0 radical (unpaired) electrons. The van der Waals surface area contributed by atoms with Crippen molar-refractivity contribution in [2.45, 2.75) is 48.3 Å². The molecule has 0 saturated carbocycles. The molecule has 2 rings (SSSR count). The van der Waals surface area contributed by atoms with Gasteiger partial charge in [-0.1, -0.05) is 45.9 Å². The number of carbonyl (C=O) groups is 4. The number of hydrogen-bond acceptors (Lipinski definition) is 6. The molecule has 0 aliphatic rings. The third-order valence-corrected chi connectivity index (χ3v) is 6.48. The summed E-state index contributed by atoms with van der Waals surface area (Å²) in [6.07, 6.45) is 4.01. The van der Waals surface area contributed by atoms with Crippen LogP contribution in [0.2, 0.25) is 0 Å². The fraction of sp³-hybridized carbons (Fsp3) is 0.273. The minimum absolute atomic E-state index is 0.127. The van der Waals surface area contributed by atoms with Crippen LogP contribution >= 0.6 is 21.6 Å². The Kier molecular flexibility index (Phi) is 10.7. The predicted octanol–water partition coefficient (Wildman–Crippen LogP) is 5.10. The van der Waals surface area contributed by atoms with Crippen molar-refractivity contribution in [3.05, 3.63) is 48.5 Å². The lowest BCUT2D eigenvalue weighted by atomic mass is 10.2. The van der Waals surface area contributed by atoms with Crippen LogP contribution in [-0.4, -0.2) is 24.4 Å².